The van der Waals surface area contributed by atoms with Gasteiger partial charge in [0.15, 0.2) is 0 Å². The summed E-state index contributed by atoms with van der Waals surface area (Å²) in [6, 6.07) is 5.69. The maximum absolute atomic E-state index is 5.96. The molecule has 14 heavy (non-hydrogen) atoms. The van der Waals surface area contributed by atoms with E-state index < -0.39 is 0 Å². The summed E-state index contributed by atoms with van der Waals surface area (Å²) < 4.78 is 5.59. The molecule has 0 radical (unpaired) electrons. The average Bonchev–Trinajstić information content (AvgIpc) is 2.12. The van der Waals surface area contributed by atoms with Crippen LogP contribution in [0.3, 0.4) is 0 Å². The van der Waals surface area contributed by atoms with E-state index >= 15 is 0 Å². The van der Waals surface area contributed by atoms with Crippen molar-refractivity contribution in [1.82, 2.24) is 5.43 Å². The average molecular weight is 215 g/mol. The van der Waals surface area contributed by atoms with Gasteiger partial charge in [-0.3, -0.25) is 11.3 Å². The Balaban J connectivity index is 2.70. The molecular weight excluding hydrogens is 200 g/mol. The van der Waals surface area contributed by atoms with Gasteiger partial charge in [-0.05, 0) is 31.5 Å². The minimum atomic E-state index is -0.000648. The van der Waals surface area contributed by atoms with Crippen LogP contribution in [0.5, 0.6) is 5.75 Å². The molecule has 0 amide bonds. The van der Waals surface area contributed by atoms with Gasteiger partial charge in [-0.15, -0.1) is 0 Å². The molecule has 0 fully saturated rings. The first kappa shape index (κ1) is 11.3. The zero-order chi connectivity index (χ0) is 10.6. The molecule has 0 bridgehead atoms. The van der Waals surface area contributed by atoms with Crippen LogP contribution >= 0.6 is 11.6 Å². The van der Waals surface area contributed by atoms with Gasteiger partial charge in [0, 0.05) is 6.54 Å². The van der Waals surface area contributed by atoms with Crippen LogP contribution in [0, 0.1) is 6.92 Å². The molecule has 0 saturated heterocycles. The highest BCUT2D eigenvalue weighted by Gasteiger charge is 2.06. The molecule has 0 heterocycles. The van der Waals surface area contributed by atoms with Crippen molar-refractivity contribution in [3.63, 3.8) is 0 Å². The lowest BCUT2D eigenvalue weighted by Crippen LogP contribution is -2.33. The third-order valence-electron chi connectivity index (χ3n) is 1.82. The highest BCUT2D eigenvalue weighted by Crippen LogP contribution is 2.25. The molecule has 4 heteroatoms. The second kappa shape index (κ2) is 5.20. The van der Waals surface area contributed by atoms with Gasteiger partial charge >= 0.3 is 0 Å². The maximum Gasteiger partial charge on any atom is 0.138 e. The lowest BCUT2D eigenvalue weighted by Gasteiger charge is -2.15. The molecule has 3 N–H and O–H groups in total. The summed E-state index contributed by atoms with van der Waals surface area (Å²) in [6.45, 7) is 4.51. The molecule has 0 aliphatic heterocycles. The number of benzene rings is 1. The lowest BCUT2D eigenvalue weighted by molar-refractivity contribution is 0.218. The lowest BCUT2D eigenvalue weighted by atomic mass is 10.2. The van der Waals surface area contributed by atoms with E-state index in [2.05, 4.69) is 5.43 Å². The molecule has 1 aromatic carbocycles. The van der Waals surface area contributed by atoms with Gasteiger partial charge in [-0.25, -0.2) is 0 Å². The van der Waals surface area contributed by atoms with Gasteiger partial charge in [0.2, 0.25) is 0 Å². The van der Waals surface area contributed by atoms with Crippen LogP contribution in [0.15, 0.2) is 18.2 Å². The SMILES string of the molecule is Cc1ccc(Cl)c(OC(C)CNN)c1. The third kappa shape index (κ3) is 3.18. The zero-order valence-corrected chi connectivity index (χ0v) is 9.14. The predicted molar refractivity (Wildman–Crippen MR) is 58.5 cm³/mol. The van der Waals surface area contributed by atoms with Crippen molar-refractivity contribution >= 4 is 11.6 Å². The molecule has 0 aliphatic carbocycles. The number of hydrogen-bond acceptors (Lipinski definition) is 3. The van der Waals surface area contributed by atoms with Crippen LogP contribution in [0.2, 0.25) is 5.02 Å². The number of nitrogens with two attached hydrogens (primary N) is 1. The molecule has 0 aromatic heterocycles. The number of hydrogen-bond donors (Lipinski definition) is 2. The van der Waals surface area contributed by atoms with E-state index in [4.69, 9.17) is 22.2 Å². The van der Waals surface area contributed by atoms with Crippen molar-refractivity contribution in [2.24, 2.45) is 5.84 Å². The van der Waals surface area contributed by atoms with Gasteiger partial charge in [0.1, 0.15) is 11.9 Å². The van der Waals surface area contributed by atoms with Crippen LogP contribution in [-0.4, -0.2) is 12.6 Å². The summed E-state index contributed by atoms with van der Waals surface area (Å²) in [7, 11) is 0. The van der Waals surface area contributed by atoms with Crippen molar-refractivity contribution in [2.45, 2.75) is 20.0 Å². The molecule has 1 rings (SSSR count). The monoisotopic (exact) mass is 214 g/mol. The third-order valence-corrected chi connectivity index (χ3v) is 2.13. The van der Waals surface area contributed by atoms with E-state index in [1.165, 1.54) is 0 Å². The predicted octanol–water partition coefficient (Wildman–Crippen LogP) is 1.88. The van der Waals surface area contributed by atoms with E-state index in [9.17, 15) is 0 Å². The Labute approximate surface area is 89.2 Å². The Bertz CT molecular complexity index is 304. The highest BCUT2D eigenvalue weighted by atomic mass is 35.5. The van der Waals surface area contributed by atoms with Gasteiger partial charge in [0.25, 0.3) is 0 Å². The summed E-state index contributed by atoms with van der Waals surface area (Å²) >= 11 is 5.96. The van der Waals surface area contributed by atoms with Crippen molar-refractivity contribution in [2.75, 3.05) is 6.54 Å². The van der Waals surface area contributed by atoms with Crippen molar-refractivity contribution in [3.05, 3.63) is 28.8 Å². The van der Waals surface area contributed by atoms with Crippen molar-refractivity contribution in [1.29, 1.82) is 0 Å². The minimum Gasteiger partial charge on any atom is -0.488 e. The number of halogens is 1. The highest BCUT2D eigenvalue weighted by molar-refractivity contribution is 6.32. The summed E-state index contributed by atoms with van der Waals surface area (Å²) in [5.41, 5.74) is 3.68. The van der Waals surface area contributed by atoms with Crippen LogP contribution < -0.4 is 16.0 Å². The van der Waals surface area contributed by atoms with Gasteiger partial charge < -0.3 is 4.74 Å². The summed E-state index contributed by atoms with van der Waals surface area (Å²) in [5.74, 6) is 5.89. The number of rotatable bonds is 4. The molecule has 0 aliphatic rings. The van der Waals surface area contributed by atoms with Crippen molar-refractivity contribution in [3.8, 4) is 5.75 Å². The van der Waals surface area contributed by atoms with E-state index in [0.29, 0.717) is 17.3 Å². The fraction of sp³-hybridized carbons (Fsp3) is 0.400. The Hall–Kier alpha value is -0.770. The minimum absolute atomic E-state index is 0.000648. The second-order valence-electron chi connectivity index (χ2n) is 3.27. The molecule has 3 nitrogen and oxygen atoms in total. The van der Waals surface area contributed by atoms with Crippen LogP contribution in [0.4, 0.5) is 0 Å². The Morgan fingerprint density at radius 2 is 2.29 bits per heavy atom. The van der Waals surface area contributed by atoms with E-state index in [1.807, 2.05) is 32.0 Å². The molecule has 78 valence electrons. The molecule has 1 aromatic rings. The molecule has 1 atom stereocenters. The number of nitrogens with one attached hydrogen (secondary N) is 1. The summed E-state index contributed by atoms with van der Waals surface area (Å²) in [4.78, 5) is 0. The zero-order valence-electron chi connectivity index (χ0n) is 8.38. The Kier molecular flexibility index (Phi) is 4.20. The fourth-order valence-corrected chi connectivity index (χ4v) is 1.29. The van der Waals surface area contributed by atoms with E-state index in [1.54, 1.807) is 0 Å². The fourth-order valence-electron chi connectivity index (χ4n) is 1.13. The standard InChI is InChI=1S/C10H15ClN2O/c1-7-3-4-9(11)10(5-7)14-8(2)6-13-12/h3-5,8,13H,6,12H2,1-2H3. The first-order chi connectivity index (χ1) is 6.63. The van der Waals surface area contributed by atoms with E-state index in [-0.39, 0.29) is 6.10 Å². The second-order valence-corrected chi connectivity index (χ2v) is 3.68. The smallest absolute Gasteiger partial charge is 0.138 e. The number of ether oxygens (including phenoxy) is 1. The van der Waals surface area contributed by atoms with Crippen LogP contribution in [-0.2, 0) is 0 Å². The molecule has 0 spiro atoms. The Morgan fingerprint density at radius 3 is 2.93 bits per heavy atom. The summed E-state index contributed by atoms with van der Waals surface area (Å²) in [6.07, 6.45) is -0.000648. The summed E-state index contributed by atoms with van der Waals surface area (Å²) in [5, 5.41) is 0.625. The van der Waals surface area contributed by atoms with Gasteiger partial charge in [-0.1, -0.05) is 17.7 Å². The maximum atomic E-state index is 5.96. The normalized spacial score (nSPS) is 12.6. The first-order valence-electron chi connectivity index (χ1n) is 4.49. The molecular formula is C10H15ClN2O. The van der Waals surface area contributed by atoms with E-state index in [0.717, 1.165) is 5.56 Å². The van der Waals surface area contributed by atoms with Crippen LogP contribution in [0.25, 0.3) is 0 Å². The number of aryl methyl sites for hydroxylation is 1. The molecule has 0 saturated carbocycles. The van der Waals surface area contributed by atoms with Crippen LogP contribution in [0.1, 0.15) is 12.5 Å². The van der Waals surface area contributed by atoms with Gasteiger partial charge in [0.05, 0.1) is 5.02 Å². The van der Waals surface area contributed by atoms with Gasteiger partial charge in [-0.2, -0.15) is 0 Å². The largest absolute Gasteiger partial charge is 0.488 e. The first-order valence-corrected chi connectivity index (χ1v) is 4.87. The van der Waals surface area contributed by atoms with Crippen molar-refractivity contribution < 1.29 is 4.74 Å². The quantitative estimate of drug-likeness (QED) is 0.594. The molecule has 1 unspecified atom stereocenters. The Morgan fingerprint density at radius 1 is 1.57 bits per heavy atom. The topological polar surface area (TPSA) is 47.3 Å². The number of hydrazine groups is 1.